The number of aromatic amines is 2. The van der Waals surface area contributed by atoms with Crippen LogP contribution in [0.3, 0.4) is 0 Å². The van der Waals surface area contributed by atoms with E-state index in [-0.39, 0.29) is 16.8 Å². The van der Waals surface area contributed by atoms with Gasteiger partial charge in [0.2, 0.25) is 0 Å². The Bertz CT molecular complexity index is 3220. The molecule has 0 radical (unpaired) electrons. The van der Waals surface area contributed by atoms with Gasteiger partial charge in [0.1, 0.15) is 5.75 Å². The number of hydrogen-bond donors (Lipinski definition) is 2. The van der Waals surface area contributed by atoms with E-state index in [2.05, 4.69) is 149 Å². The minimum Gasteiger partial charge on any atom is -0.423 e. The molecule has 2 N–H and O–H groups in total. The normalized spacial score (nSPS) is 13.1. The molecule has 3 aromatic carbocycles. The van der Waals surface area contributed by atoms with E-state index in [1.165, 1.54) is 66.8 Å². The van der Waals surface area contributed by atoms with Crippen LogP contribution in [0.1, 0.15) is 214 Å². The molecule has 2 aliphatic heterocycles. The number of aromatic nitrogens is 4. The molecule has 0 saturated heterocycles. The van der Waals surface area contributed by atoms with Crippen molar-refractivity contribution in [2.75, 3.05) is 0 Å². The zero-order chi connectivity index (χ0) is 52.4. The van der Waals surface area contributed by atoms with Gasteiger partial charge >= 0.3 is 5.97 Å². The molecule has 0 fully saturated rings. The minimum atomic E-state index is -0.385. The topological polar surface area (TPSA) is 83.7 Å². The van der Waals surface area contributed by atoms with Crippen molar-refractivity contribution in [2.24, 2.45) is 0 Å². The van der Waals surface area contributed by atoms with Gasteiger partial charge in [-0.3, -0.25) is 0 Å². The van der Waals surface area contributed by atoms with Gasteiger partial charge in [-0.25, -0.2) is 14.8 Å². The monoisotopic (exact) mass is 975 g/mol. The molecule has 73 heavy (non-hydrogen) atoms. The third-order valence-corrected chi connectivity index (χ3v) is 15.5. The lowest BCUT2D eigenvalue weighted by molar-refractivity contribution is 0.0734. The first kappa shape index (κ1) is 53.0. The van der Waals surface area contributed by atoms with Gasteiger partial charge in [-0.05, 0) is 193 Å². The van der Waals surface area contributed by atoms with E-state index >= 15 is 0 Å². The number of nitrogens with zero attached hydrogens (tertiary/aromatic N) is 2. The van der Waals surface area contributed by atoms with Crippen LogP contribution in [0.2, 0.25) is 0 Å². The van der Waals surface area contributed by atoms with Crippen LogP contribution in [0.5, 0.6) is 5.75 Å². The number of unbranched alkanes of at least 4 members (excludes halogenated alkanes) is 4. The predicted octanol–water partition coefficient (Wildman–Crippen LogP) is 19.0. The first-order valence-electron chi connectivity index (χ1n) is 27.6. The summed E-state index contributed by atoms with van der Waals surface area (Å²) in [5.74, 6) is 0.137. The van der Waals surface area contributed by atoms with Crippen molar-refractivity contribution in [1.29, 1.82) is 0 Å². The van der Waals surface area contributed by atoms with Crippen LogP contribution in [0.25, 0.3) is 66.6 Å². The van der Waals surface area contributed by atoms with Crippen molar-refractivity contribution in [2.45, 2.75) is 185 Å². The fourth-order valence-corrected chi connectivity index (χ4v) is 10.8. The number of fused-ring (bicyclic) bond motifs is 8. The van der Waals surface area contributed by atoms with Crippen LogP contribution in [0.15, 0.2) is 84.9 Å². The molecule has 0 atom stereocenters. The largest absolute Gasteiger partial charge is 0.423 e. The average molecular weight is 975 g/mol. The molecule has 6 heteroatoms. The summed E-state index contributed by atoms with van der Waals surface area (Å²) in [5.41, 5.74) is 26.1. The molecular formula is C67H82N4O2. The van der Waals surface area contributed by atoms with E-state index in [9.17, 15) is 4.79 Å². The lowest BCUT2D eigenvalue weighted by atomic mass is 9.78. The highest BCUT2D eigenvalue weighted by molar-refractivity contribution is 6.04. The van der Waals surface area contributed by atoms with Crippen molar-refractivity contribution in [3.63, 3.8) is 0 Å². The zero-order valence-electron chi connectivity index (χ0n) is 46.8. The number of benzene rings is 3. The molecule has 2 aliphatic rings. The first-order valence-corrected chi connectivity index (χ1v) is 27.6. The number of hydrogen-bond acceptors (Lipinski definition) is 4. The molecule has 0 unspecified atom stereocenters. The van der Waals surface area contributed by atoms with Gasteiger partial charge in [-0.2, -0.15) is 0 Å². The molecule has 6 nitrogen and oxygen atoms in total. The van der Waals surface area contributed by atoms with Crippen LogP contribution in [-0.2, 0) is 23.7 Å². The summed E-state index contributed by atoms with van der Waals surface area (Å²) in [4.78, 5) is 33.5. The number of ether oxygens (including phenoxy) is 1. The third-order valence-electron chi connectivity index (χ3n) is 15.5. The second kappa shape index (κ2) is 22.1. The highest BCUT2D eigenvalue weighted by atomic mass is 16.5. The predicted molar refractivity (Wildman–Crippen MR) is 311 cm³/mol. The summed E-state index contributed by atoms with van der Waals surface area (Å²) < 4.78 is 5.80. The number of carbonyl (C=O) groups is 1. The van der Waals surface area contributed by atoms with E-state index in [1.54, 1.807) is 0 Å². The molecule has 3 aromatic heterocycles. The Morgan fingerprint density at radius 1 is 0.521 bits per heavy atom. The van der Waals surface area contributed by atoms with Gasteiger partial charge < -0.3 is 14.7 Å². The number of esters is 1. The maximum atomic E-state index is 13.5. The Hall–Kier alpha value is -6.27. The molecular weight excluding hydrogens is 893 g/mol. The third kappa shape index (κ3) is 11.0. The summed E-state index contributed by atoms with van der Waals surface area (Å²) in [5, 5.41) is 0. The zero-order valence-corrected chi connectivity index (χ0v) is 46.8. The van der Waals surface area contributed by atoms with Crippen LogP contribution in [-0.4, -0.2) is 25.9 Å². The number of aryl methyl sites for hydroxylation is 4. The van der Waals surface area contributed by atoms with E-state index < -0.39 is 0 Å². The van der Waals surface area contributed by atoms with Gasteiger partial charge in [-0.1, -0.05) is 143 Å². The number of nitrogens with one attached hydrogen (secondary N) is 2. The Morgan fingerprint density at radius 2 is 0.945 bits per heavy atom. The quantitative estimate of drug-likeness (QED) is 0.0748. The van der Waals surface area contributed by atoms with E-state index in [0.29, 0.717) is 11.3 Å². The lowest BCUT2D eigenvalue weighted by Gasteiger charge is -2.26. The molecule has 8 bridgehead atoms. The molecule has 0 amide bonds. The molecule has 0 aliphatic carbocycles. The standard InChI is InChI=1S/C67H82N4O2/c1-15-19-28-51-41(5)61-59(45-32-34-46(35-33-45)65(72)73-50-26-24-23-25-27-50)62-42(6)52(29-20-16-2)56(69-62)40-58-54(31-22-18-4)44(8)64(71-58)60(47-36-48(66(9,10)11)38-49(37-47)67(12,13)14)63-43(7)53(30-21-17-3)57(70-63)39-55(51)68-61/h23-27,32-40,68,71H,15-22,28-31H2,1-14H3. The van der Waals surface area contributed by atoms with Gasteiger partial charge in [0, 0.05) is 22.2 Å². The highest BCUT2D eigenvalue weighted by Gasteiger charge is 2.29. The maximum absolute atomic E-state index is 13.5. The highest BCUT2D eigenvalue weighted by Crippen LogP contribution is 2.46. The van der Waals surface area contributed by atoms with E-state index in [1.807, 2.05) is 42.5 Å². The fourth-order valence-electron chi connectivity index (χ4n) is 10.8. The van der Waals surface area contributed by atoms with E-state index in [0.717, 1.165) is 133 Å². The number of carbonyl (C=O) groups excluding carboxylic acids is 1. The summed E-state index contributed by atoms with van der Waals surface area (Å²) in [7, 11) is 0. The number of H-pyrrole nitrogens is 2. The van der Waals surface area contributed by atoms with Crippen molar-refractivity contribution in [3.05, 3.63) is 147 Å². The lowest BCUT2D eigenvalue weighted by Crippen LogP contribution is -2.16. The van der Waals surface area contributed by atoms with Crippen molar-refractivity contribution < 1.29 is 9.53 Å². The molecule has 5 heterocycles. The van der Waals surface area contributed by atoms with Gasteiger partial charge in [0.25, 0.3) is 0 Å². The summed E-state index contributed by atoms with van der Waals surface area (Å²) in [6, 6.07) is 29.3. The summed E-state index contributed by atoms with van der Waals surface area (Å²) >= 11 is 0. The minimum absolute atomic E-state index is 0.0668. The van der Waals surface area contributed by atoms with Crippen LogP contribution >= 0.6 is 0 Å². The van der Waals surface area contributed by atoms with Crippen molar-refractivity contribution >= 4 is 50.3 Å². The Balaban J connectivity index is 1.57. The van der Waals surface area contributed by atoms with Crippen LogP contribution in [0, 0.1) is 13.8 Å². The summed E-state index contributed by atoms with van der Waals surface area (Å²) in [6.07, 6.45) is 12.4. The van der Waals surface area contributed by atoms with Crippen molar-refractivity contribution in [1.82, 2.24) is 19.9 Å². The average Bonchev–Trinajstić information content (AvgIpc) is 4.04. The van der Waals surface area contributed by atoms with Gasteiger partial charge in [0.05, 0.1) is 39.4 Å². The molecule has 382 valence electrons. The van der Waals surface area contributed by atoms with Crippen LogP contribution in [0.4, 0.5) is 0 Å². The second-order valence-corrected chi connectivity index (χ2v) is 23.0. The Morgan fingerprint density at radius 3 is 1.37 bits per heavy atom. The molecule has 0 saturated carbocycles. The first-order chi connectivity index (χ1) is 34.9. The number of para-hydroxylation sites is 1. The second-order valence-electron chi connectivity index (χ2n) is 23.0. The smallest absolute Gasteiger partial charge is 0.343 e. The SMILES string of the molecule is CCCCC1=C(C)c2nc1cc1[nH]c(c(C)c1CCCC)c(-c1ccc(C(=O)Oc3ccccc3)cc1)c1nc(cc3[nH]c(c(C)c3CCCC)c2-c2cc(C(C)(C)C)cc(C(C)(C)C)c2)C(CCCC)=C1C. The Kier molecular flexibility index (Phi) is 16.0. The number of rotatable bonds is 16. The fraction of sp³-hybridized carbons (Fsp3) is 0.418. The van der Waals surface area contributed by atoms with E-state index in [4.69, 9.17) is 14.7 Å². The molecule has 6 aromatic rings. The van der Waals surface area contributed by atoms with Crippen LogP contribution < -0.4 is 4.74 Å². The molecule has 8 rings (SSSR count). The Labute approximate surface area is 437 Å². The maximum Gasteiger partial charge on any atom is 0.343 e. The summed E-state index contributed by atoms with van der Waals surface area (Å²) in [6.45, 7) is 32.4. The number of allylic oxidation sites excluding steroid dienone is 4. The van der Waals surface area contributed by atoms with Gasteiger partial charge in [-0.15, -0.1) is 0 Å². The van der Waals surface area contributed by atoms with Gasteiger partial charge in [0.15, 0.2) is 0 Å². The van der Waals surface area contributed by atoms with Crippen molar-refractivity contribution in [3.8, 4) is 28.0 Å². The molecule has 0 spiro atoms.